The van der Waals surface area contributed by atoms with Crippen molar-refractivity contribution >= 4 is 23.7 Å². The number of amides is 3. The van der Waals surface area contributed by atoms with Gasteiger partial charge >= 0.3 is 5.97 Å². The summed E-state index contributed by atoms with van der Waals surface area (Å²) in [5.41, 5.74) is -1.64. The number of pyridine rings is 1. The van der Waals surface area contributed by atoms with Crippen molar-refractivity contribution in [3.63, 3.8) is 0 Å². The van der Waals surface area contributed by atoms with E-state index in [0.29, 0.717) is 19.0 Å². The maximum absolute atomic E-state index is 14.1. The predicted molar refractivity (Wildman–Crippen MR) is 141 cm³/mol. The summed E-state index contributed by atoms with van der Waals surface area (Å²) in [6, 6.07) is 1.69. The number of piperidine rings is 1. The number of hydrogen-bond acceptors (Lipinski definition) is 7. The first-order valence-corrected chi connectivity index (χ1v) is 14.0. The van der Waals surface area contributed by atoms with E-state index in [-0.39, 0.29) is 61.2 Å². The Kier molecular flexibility index (Phi) is 7.08. The summed E-state index contributed by atoms with van der Waals surface area (Å²) >= 11 is 0. The maximum Gasteiger partial charge on any atom is 0.334 e. The van der Waals surface area contributed by atoms with Crippen LogP contribution in [0.3, 0.4) is 0 Å². The van der Waals surface area contributed by atoms with E-state index in [1.807, 2.05) is 6.92 Å². The number of nitrogens with zero attached hydrogens (tertiary/aromatic N) is 3. The number of esters is 1. The zero-order chi connectivity index (χ0) is 29.9. The summed E-state index contributed by atoms with van der Waals surface area (Å²) in [5, 5.41) is 2.44. The molecule has 1 aromatic carbocycles. The van der Waals surface area contributed by atoms with Crippen LogP contribution in [0.5, 0.6) is 5.75 Å². The van der Waals surface area contributed by atoms with Crippen molar-refractivity contribution < 1.29 is 37.4 Å². The van der Waals surface area contributed by atoms with Gasteiger partial charge in [0.25, 0.3) is 11.8 Å². The van der Waals surface area contributed by atoms with Crippen LogP contribution < -0.4 is 15.5 Å². The largest absolute Gasteiger partial charge is 0.418 e. The van der Waals surface area contributed by atoms with Gasteiger partial charge in [0.2, 0.25) is 17.1 Å². The SMILES string of the molecule is CCCC(=O)N1C[C@@H]2C[C@@H]2[C@H]1C(=O)Oc1c2n(cc(C(=O)NCc3ccc(F)cc3F)c1=O)C[C@H]1OC[C@H](C)N1C2=O. The Bertz CT molecular complexity index is 1560. The Morgan fingerprint density at radius 3 is 2.69 bits per heavy atom. The number of ether oxygens (including phenoxy) is 2. The molecule has 2 saturated heterocycles. The molecule has 0 bridgehead atoms. The van der Waals surface area contributed by atoms with Gasteiger partial charge in [-0.1, -0.05) is 13.0 Å². The third-order valence-electron chi connectivity index (χ3n) is 8.42. The molecule has 2 aromatic rings. The molecule has 0 radical (unpaired) electrons. The van der Waals surface area contributed by atoms with Crippen LogP contribution in [0.2, 0.25) is 0 Å². The minimum Gasteiger partial charge on any atom is -0.418 e. The number of rotatable bonds is 7. The highest BCUT2D eigenvalue weighted by atomic mass is 19.1. The van der Waals surface area contributed by atoms with E-state index in [4.69, 9.17) is 9.47 Å². The van der Waals surface area contributed by atoms with Gasteiger partial charge < -0.3 is 29.2 Å². The molecular weight excluding hydrogens is 554 g/mol. The first-order valence-electron chi connectivity index (χ1n) is 14.0. The van der Waals surface area contributed by atoms with Crippen LogP contribution in [0.4, 0.5) is 8.78 Å². The van der Waals surface area contributed by atoms with Crippen molar-refractivity contribution in [2.75, 3.05) is 13.2 Å². The number of benzene rings is 1. The monoisotopic (exact) mass is 584 g/mol. The van der Waals surface area contributed by atoms with Crippen LogP contribution in [-0.2, 0) is 27.4 Å². The van der Waals surface area contributed by atoms with Crippen molar-refractivity contribution in [3.8, 4) is 5.75 Å². The molecule has 0 unspecified atom stereocenters. The molecule has 4 heterocycles. The van der Waals surface area contributed by atoms with Gasteiger partial charge in [-0.2, -0.15) is 0 Å². The highest BCUT2D eigenvalue weighted by molar-refractivity contribution is 6.00. The fourth-order valence-corrected chi connectivity index (χ4v) is 6.19. The van der Waals surface area contributed by atoms with Gasteiger partial charge in [-0.3, -0.25) is 19.2 Å². The Morgan fingerprint density at radius 2 is 1.95 bits per heavy atom. The molecule has 1 saturated carbocycles. The van der Waals surface area contributed by atoms with E-state index in [9.17, 15) is 32.8 Å². The number of carbonyl (C=O) groups excluding carboxylic acids is 4. The van der Waals surface area contributed by atoms with E-state index in [1.165, 1.54) is 26.6 Å². The van der Waals surface area contributed by atoms with E-state index < -0.39 is 58.4 Å². The fourth-order valence-electron chi connectivity index (χ4n) is 6.19. The standard InChI is InChI=1S/C29H30F2N4O7/c1-3-4-21(36)34-10-16-7-18(16)23(34)29(40)42-26-24-28(39)35-14(2)13-41-22(35)12-33(24)11-19(25(26)37)27(38)32-9-15-5-6-17(30)8-20(15)31/h5-6,8,11,14,16,18,22-23H,3-4,7,9-10,12-13H2,1-2H3,(H,32,38)/t14-,16-,18-,22+,23-/m0/s1. The Hall–Kier alpha value is -4.13. The summed E-state index contributed by atoms with van der Waals surface area (Å²) in [5.74, 6) is -4.70. The van der Waals surface area contributed by atoms with Crippen LogP contribution in [0.25, 0.3) is 0 Å². The average Bonchev–Trinajstić information content (AvgIpc) is 3.44. The summed E-state index contributed by atoms with van der Waals surface area (Å²) in [6.45, 7) is 4.05. The summed E-state index contributed by atoms with van der Waals surface area (Å²) in [4.78, 5) is 69.8. The number of likely N-dealkylation sites (tertiary alicyclic amines) is 1. The molecule has 1 N–H and O–H groups in total. The van der Waals surface area contributed by atoms with Gasteiger partial charge in [0, 0.05) is 37.3 Å². The summed E-state index contributed by atoms with van der Waals surface area (Å²) in [6.07, 6.45) is 2.15. The van der Waals surface area contributed by atoms with Crippen LogP contribution in [0.1, 0.15) is 59.5 Å². The quantitative estimate of drug-likeness (QED) is 0.492. The van der Waals surface area contributed by atoms with Crippen molar-refractivity contribution in [1.82, 2.24) is 19.7 Å². The maximum atomic E-state index is 14.1. The lowest BCUT2D eigenvalue weighted by Gasteiger charge is -2.34. The lowest BCUT2D eigenvalue weighted by Crippen LogP contribution is -2.50. The van der Waals surface area contributed by atoms with Gasteiger partial charge in [-0.05, 0) is 37.7 Å². The van der Waals surface area contributed by atoms with Gasteiger partial charge in [0.15, 0.2) is 11.9 Å². The van der Waals surface area contributed by atoms with E-state index in [0.717, 1.165) is 12.5 Å². The second kappa shape index (κ2) is 10.6. The highest BCUT2D eigenvalue weighted by Gasteiger charge is 2.57. The first kappa shape index (κ1) is 28.0. The zero-order valence-corrected chi connectivity index (χ0v) is 23.1. The summed E-state index contributed by atoms with van der Waals surface area (Å²) in [7, 11) is 0. The first-order chi connectivity index (χ1) is 20.1. The van der Waals surface area contributed by atoms with Crippen molar-refractivity contribution in [3.05, 3.63) is 63.1 Å². The lowest BCUT2D eigenvalue weighted by atomic mass is 10.1. The van der Waals surface area contributed by atoms with E-state index in [2.05, 4.69) is 5.32 Å². The fraction of sp³-hybridized carbons (Fsp3) is 0.483. The van der Waals surface area contributed by atoms with Crippen molar-refractivity contribution in [2.24, 2.45) is 11.8 Å². The Morgan fingerprint density at radius 1 is 1.17 bits per heavy atom. The second-order valence-electron chi connectivity index (χ2n) is 11.3. The number of hydrogen-bond donors (Lipinski definition) is 1. The Labute approximate surface area is 239 Å². The predicted octanol–water partition coefficient (Wildman–Crippen LogP) is 1.81. The normalized spacial score (nSPS) is 25.5. The van der Waals surface area contributed by atoms with Crippen molar-refractivity contribution in [2.45, 2.75) is 64.5 Å². The van der Waals surface area contributed by atoms with Crippen LogP contribution in [0.15, 0.2) is 29.2 Å². The number of nitrogens with one attached hydrogen (secondary N) is 1. The molecule has 13 heteroatoms. The summed E-state index contributed by atoms with van der Waals surface area (Å²) < 4.78 is 40.2. The highest BCUT2D eigenvalue weighted by Crippen LogP contribution is 2.50. The van der Waals surface area contributed by atoms with Gasteiger partial charge in [0.1, 0.15) is 23.2 Å². The smallest absolute Gasteiger partial charge is 0.334 e. The molecule has 222 valence electrons. The van der Waals surface area contributed by atoms with Gasteiger partial charge in [-0.15, -0.1) is 0 Å². The number of fused-ring (bicyclic) bond motifs is 3. The van der Waals surface area contributed by atoms with E-state index >= 15 is 0 Å². The Balaban J connectivity index is 1.35. The van der Waals surface area contributed by atoms with Crippen LogP contribution in [0, 0.1) is 23.5 Å². The molecule has 1 aromatic heterocycles. The molecule has 42 heavy (non-hydrogen) atoms. The molecule has 3 amide bonds. The molecule has 4 aliphatic rings. The lowest BCUT2D eigenvalue weighted by molar-refractivity contribution is -0.147. The molecule has 5 atom stereocenters. The third-order valence-corrected chi connectivity index (χ3v) is 8.42. The zero-order valence-electron chi connectivity index (χ0n) is 23.1. The minimum absolute atomic E-state index is 0.00863. The molecular formula is C29H30F2N4O7. The van der Waals surface area contributed by atoms with Crippen LogP contribution in [-0.4, -0.2) is 69.5 Å². The molecule has 3 fully saturated rings. The van der Waals surface area contributed by atoms with Gasteiger partial charge in [-0.25, -0.2) is 13.6 Å². The van der Waals surface area contributed by atoms with E-state index in [1.54, 1.807) is 6.92 Å². The van der Waals surface area contributed by atoms with Crippen molar-refractivity contribution in [1.29, 1.82) is 0 Å². The molecule has 1 aliphatic carbocycles. The molecule has 0 spiro atoms. The number of aromatic nitrogens is 1. The second-order valence-corrected chi connectivity index (χ2v) is 11.3. The topological polar surface area (TPSA) is 127 Å². The number of carbonyl (C=O) groups is 4. The molecule has 11 nitrogen and oxygen atoms in total. The molecule has 3 aliphatic heterocycles. The van der Waals surface area contributed by atoms with Gasteiger partial charge in [0.05, 0.1) is 19.2 Å². The molecule has 6 rings (SSSR count). The third kappa shape index (κ3) is 4.75. The number of halogens is 2. The van der Waals surface area contributed by atoms with Crippen LogP contribution >= 0.6 is 0 Å². The minimum atomic E-state index is -0.997. The average molecular weight is 585 g/mol.